The Labute approximate surface area is 171 Å². The van der Waals surface area contributed by atoms with Gasteiger partial charge in [-0.2, -0.15) is 0 Å². The summed E-state index contributed by atoms with van der Waals surface area (Å²) in [6, 6.07) is 8.97. The van der Waals surface area contributed by atoms with Crippen molar-refractivity contribution in [2.45, 2.75) is 69.7 Å². The van der Waals surface area contributed by atoms with E-state index in [0.717, 1.165) is 19.3 Å². The summed E-state index contributed by atoms with van der Waals surface area (Å²) in [7, 11) is 2.01. The van der Waals surface area contributed by atoms with Crippen LogP contribution in [0.1, 0.15) is 55.8 Å². The second kappa shape index (κ2) is 9.39. The van der Waals surface area contributed by atoms with E-state index in [1.165, 1.54) is 0 Å². The molecular formula is C22H29NO6. The van der Waals surface area contributed by atoms with Gasteiger partial charge in [-0.3, -0.25) is 9.69 Å². The van der Waals surface area contributed by atoms with E-state index in [1.54, 1.807) is 30.3 Å². The number of piperidine rings is 1. The molecule has 3 unspecified atom stereocenters. The SMILES string of the molecule is CCC[C@H](OC(=O)c1ccccc1)[C@@H](OC(=O)C1CCC2CCC1N2C)C(=O)O. The highest BCUT2D eigenvalue weighted by Crippen LogP contribution is 2.38. The predicted molar refractivity (Wildman–Crippen MR) is 105 cm³/mol. The largest absolute Gasteiger partial charge is 0.478 e. The van der Waals surface area contributed by atoms with Crippen LogP contribution < -0.4 is 0 Å². The molecule has 1 aromatic rings. The molecule has 2 aliphatic rings. The first kappa shape index (κ1) is 21.3. The first-order chi connectivity index (χ1) is 13.9. The Kier molecular flexibility index (Phi) is 6.90. The molecule has 2 aliphatic heterocycles. The highest BCUT2D eigenvalue weighted by atomic mass is 16.6. The number of fused-ring (bicyclic) bond motifs is 2. The third-order valence-corrected chi connectivity index (χ3v) is 6.14. The van der Waals surface area contributed by atoms with Crippen LogP contribution in [-0.2, 0) is 19.1 Å². The van der Waals surface area contributed by atoms with Gasteiger partial charge in [0.15, 0.2) is 0 Å². The molecule has 0 amide bonds. The van der Waals surface area contributed by atoms with Crippen molar-refractivity contribution in [3.63, 3.8) is 0 Å². The van der Waals surface area contributed by atoms with Crippen LogP contribution in [0.15, 0.2) is 30.3 Å². The summed E-state index contributed by atoms with van der Waals surface area (Å²) in [5.74, 6) is -2.77. The predicted octanol–water partition coefficient (Wildman–Crippen LogP) is 2.88. The first-order valence-electron chi connectivity index (χ1n) is 10.3. The van der Waals surface area contributed by atoms with E-state index >= 15 is 0 Å². The smallest absolute Gasteiger partial charge is 0.348 e. The topological polar surface area (TPSA) is 93.1 Å². The van der Waals surface area contributed by atoms with E-state index in [1.807, 2.05) is 14.0 Å². The number of ether oxygens (including phenoxy) is 2. The summed E-state index contributed by atoms with van der Waals surface area (Å²) in [6.45, 7) is 1.86. The highest BCUT2D eigenvalue weighted by Gasteiger charge is 2.45. The van der Waals surface area contributed by atoms with E-state index in [0.29, 0.717) is 30.9 Å². The lowest BCUT2D eigenvalue weighted by molar-refractivity contribution is -0.177. The van der Waals surface area contributed by atoms with Gasteiger partial charge in [0.1, 0.15) is 6.10 Å². The zero-order valence-corrected chi connectivity index (χ0v) is 17.0. The summed E-state index contributed by atoms with van der Waals surface area (Å²) < 4.78 is 10.9. The van der Waals surface area contributed by atoms with Crippen molar-refractivity contribution in [1.82, 2.24) is 4.90 Å². The van der Waals surface area contributed by atoms with Gasteiger partial charge < -0.3 is 14.6 Å². The molecule has 7 nitrogen and oxygen atoms in total. The van der Waals surface area contributed by atoms with Gasteiger partial charge in [0.25, 0.3) is 0 Å². The molecule has 0 radical (unpaired) electrons. The van der Waals surface area contributed by atoms with Crippen LogP contribution in [0, 0.1) is 5.92 Å². The maximum absolute atomic E-state index is 12.9. The Balaban J connectivity index is 1.71. The number of hydrogen-bond acceptors (Lipinski definition) is 6. The molecule has 2 heterocycles. The number of carboxylic acid groups (broad SMARTS) is 1. The Morgan fingerprint density at radius 3 is 2.45 bits per heavy atom. The Morgan fingerprint density at radius 2 is 1.79 bits per heavy atom. The highest BCUT2D eigenvalue weighted by molar-refractivity contribution is 5.90. The van der Waals surface area contributed by atoms with Crippen molar-refractivity contribution in [1.29, 1.82) is 0 Å². The fourth-order valence-electron chi connectivity index (χ4n) is 4.55. The Bertz CT molecular complexity index is 736. The minimum absolute atomic E-state index is 0.0900. The zero-order chi connectivity index (χ0) is 21.0. The van der Waals surface area contributed by atoms with Crippen molar-refractivity contribution in [3.05, 3.63) is 35.9 Å². The molecule has 0 aliphatic carbocycles. The average Bonchev–Trinajstić information content (AvgIpc) is 2.93. The average molecular weight is 403 g/mol. The molecule has 29 heavy (non-hydrogen) atoms. The summed E-state index contributed by atoms with van der Waals surface area (Å²) in [6.07, 6.45) is 1.91. The zero-order valence-electron chi connectivity index (χ0n) is 17.0. The maximum atomic E-state index is 12.9. The maximum Gasteiger partial charge on any atom is 0.348 e. The number of hydrogen-bond donors (Lipinski definition) is 1. The number of carbonyl (C=O) groups is 3. The van der Waals surface area contributed by atoms with Crippen LogP contribution >= 0.6 is 0 Å². The second-order valence-corrected chi connectivity index (χ2v) is 7.94. The summed E-state index contributed by atoms with van der Waals surface area (Å²) in [5.41, 5.74) is 0.329. The van der Waals surface area contributed by atoms with E-state index in [4.69, 9.17) is 9.47 Å². The van der Waals surface area contributed by atoms with Gasteiger partial charge >= 0.3 is 17.9 Å². The van der Waals surface area contributed by atoms with Crippen molar-refractivity contribution in [3.8, 4) is 0 Å². The summed E-state index contributed by atoms with van der Waals surface area (Å²) in [5, 5.41) is 9.71. The van der Waals surface area contributed by atoms with Gasteiger partial charge in [-0.15, -0.1) is 0 Å². The summed E-state index contributed by atoms with van der Waals surface area (Å²) >= 11 is 0. The van der Waals surface area contributed by atoms with Crippen molar-refractivity contribution < 1.29 is 29.0 Å². The van der Waals surface area contributed by atoms with Crippen LogP contribution in [0.5, 0.6) is 0 Å². The fraction of sp³-hybridized carbons (Fsp3) is 0.591. The molecule has 0 spiro atoms. The second-order valence-electron chi connectivity index (χ2n) is 7.94. The van der Waals surface area contributed by atoms with Gasteiger partial charge in [-0.1, -0.05) is 31.5 Å². The third kappa shape index (κ3) is 4.78. The lowest BCUT2D eigenvalue weighted by Crippen LogP contribution is -2.48. The number of esters is 2. The standard InChI is InChI=1S/C22H29NO6/c1-3-7-18(28-21(26)14-8-5-4-6-9-14)19(20(24)25)29-22(27)16-12-10-15-11-13-17(16)23(15)2/h4-6,8-9,15-19H,3,7,10-13H2,1-2H3,(H,24,25)/t15?,16?,17?,18-,19+/m0/s1. The molecule has 3 rings (SSSR count). The Morgan fingerprint density at radius 1 is 1.10 bits per heavy atom. The minimum Gasteiger partial charge on any atom is -0.478 e. The Hall–Kier alpha value is -2.41. The van der Waals surface area contributed by atoms with Crippen LogP contribution in [0.25, 0.3) is 0 Å². The molecular weight excluding hydrogens is 374 g/mol. The molecule has 0 aromatic heterocycles. The van der Waals surface area contributed by atoms with Gasteiger partial charge in [0.2, 0.25) is 6.10 Å². The molecule has 2 fully saturated rings. The van der Waals surface area contributed by atoms with Gasteiger partial charge in [0, 0.05) is 12.1 Å². The van der Waals surface area contributed by atoms with Crippen LogP contribution in [0.2, 0.25) is 0 Å². The molecule has 1 N–H and O–H groups in total. The van der Waals surface area contributed by atoms with Crippen molar-refractivity contribution in [2.75, 3.05) is 7.05 Å². The normalized spacial score (nSPS) is 25.8. The molecule has 5 atom stereocenters. The van der Waals surface area contributed by atoms with Crippen molar-refractivity contribution in [2.24, 2.45) is 5.92 Å². The van der Waals surface area contributed by atoms with E-state index in [-0.39, 0.29) is 12.0 Å². The van der Waals surface area contributed by atoms with Gasteiger partial charge in [0.05, 0.1) is 11.5 Å². The number of benzene rings is 1. The molecule has 2 saturated heterocycles. The van der Waals surface area contributed by atoms with Crippen LogP contribution in [0.4, 0.5) is 0 Å². The van der Waals surface area contributed by atoms with Crippen molar-refractivity contribution >= 4 is 17.9 Å². The van der Waals surface area contributed by atoms with E-state index in [9.17, 15) is 19.5 Å². The lowest BCUT2D eigenvalue weighted by Gasteiger charge is -2.36. The number of nitrogens with zero attached hydrogens (tertiary/aromatic N) is 1. The summed E-state index contributed by atoms with van der Waals surface area (Å²) in [4.78, 5) is 39.4. The third-order valence-electron chi connectivity index (χ3n) is 6.14. The number of carboxylic acids is 1. The molecule has 158 valence electrons. The molecule has 1 aromatic carbocycles. The van der Waals surface area contributed by atoms with Gasteiger partial charge in [-0.05, 0) is 51.3 Å². The molecule has 7 heteroatoms. The molecule has 0 saturated carbocycles. The first-order valence-corrected chi connectivity index (χ1v) is 10.3. The number of rotatable bonds is 8. The molecule has 2 bridgehead atoms. The number of aliphatic carboxylic acids is 1. The van der Waals surface area contributed by atoms with Gasteiger partial charge in [-0.25, -0.2) is 9.59 Å². The fourth-order valence-corrected chi connectivity index (χ4v) is 4.55. The lowest BCUT2D eigenvalue weighted by atomic mass is 9.90. The van der Waals surface area contributed by atoms with Crippen LogP contribution in [-0.4, -0.2) is 59.3 Å². The minimum atomic E-state index is -1.51. The van der Waals surface area contributed by atoms with Crippen LogP contribution in [0.3, 0.4) is 0 Å². The monoisotopic (exact) mass is 403 g/mol. The quantitative estimate of drug-likeness (QED) is 0.667. The van der Waals surface area contributed by atoms with E-state index < -0.39 is 30.1 Å². The van der Waals surface area contributed by atoms with E-state index in [2.05, 4.69) is 4.90 Å². The number of carbonyl (C=O) groups excluding carboxylic acids is 2.